The molecule has 0 unspecified atom stereocenters. The highest BCUT2D eigenvalue weighted by molar-refractivity contribution is 7.13. The van der Waals surface area contributed by atoms with Crippen LogP contribution in [0.15, 0.2) is 53.9 Å². The number of hydrogen-bond donors (Lipinski definition) is 0. The lowest BCUT2D eigenvalue weighted by molar-refractivity contribution is 0.0727. The lowest BCUT2D eigenvalue weighted by Crippen LogP contribution is -2.36. The molecule has 2 aromatic carbocycles. The van der Waals surface area contributed by atoms with Crippen molar-refractivity contribution < 1.29 is 9.53 Å². The molecular weight excluding hydrogens is 420 g/mol. The molecule has 0 radical (unpaired) electrons. The van der Waals surface area contributed by atoms with Crippen molar-refractivity contribution in [1.82, 2.24) is 14.8 Å². The fourth-order valence-electron chi connectivity index (χ4n) is 3.15. The molecule has 0 fully saturated rings. The summed E-state index contributed by atoms with van der Waals surface area (Å²) in [7, 11) is 3.96. The van der Waals surface area contributed by atoms with Gasteiger partial charge in [-0.25, -0.2) is 4.98 Å². The third-order valence-electron chi connectivity index (χ3n) is 4.73. The maximum absolute atomic E-state index is 13.3. The van der Waals surface area contributed by atoms with Crippen molar-refractivity contribution in [1.29, 1.82) is 5.26 Å². The van der Waals surface area contributed by atoms with Crippen LogP contribution in [0.5, 0.6) is 5.75 Å². The zero-order valence-corrected chi connectivity index (χ0v) is 19.7. The van der Waals surface area contributed by atoms with E-state index < -0.39 is 0 Å². The van der Waals surface area contributed by atoms with Gasteiger partial charge in [-0.2, -0.15) is 5.26 Å². The van der Waals surface area contributed by atoms with E-state index in [-0.39, 0.29) is 12.0 Å². The molecule has 1 amide bonds. The van der Waals surface area contributed by atoms with Crippen molar-refractivity contribution in [3.63, 3.8) is 0 Å². The molecule has 166 valence electrons. The predicted molar refractivity (Wildman–Crippen MR) is 128 cm³/mol. The lowest BCUT2D eigenvalue weighted by atomic mass is 10.1. The molecule has 0 N–H and O–H groups in total. The van der Waals surface area contributed by atoms with Crippen LogP contribution in [-0.2, 0) is 6.54 Å². The minimum atomic E-state index is -0.114. The van der Waals surface area contributed by atoms with E-state index in [9.17, 15) is 10.1 Å². The van der Waals surface area contributed by atoms with Crippen molar-refractivity contribution in [2.45, 2.75) is 26.5 Å². The first-order chi connectivity index (χ1) is 15.4. The van der Waals surface area contributed by atoms with E-state index in [1.165, 1.54) is 11.3 Å². The Morgan fingerprint density at radius 2 is 1.91 bits per heavy atom. The highest BCUT2D eigenvalue weighted by Crippen LogP contribution is 2.27. The van der Waals surface area contributed by atoms with E-state index >= 15 is 0 Å². The Morgan fingerprint density at radius 3 is 2.56 bits per heavy atom. The summed E-state index contributed by atoms with van der Waals surface area (Å²) >= 11 is 1.45. The second-order valence-electron chi connectivity index (χ2n) is 8.07. The minimum absolute atomic E-state index is 0.114. The summed E-state index contributed by atoms with van der Waals surface area (Å²) in [5, 5.41) is 11.8. The van der Waals surface area contributed by atoms with Crippen molar-refractivity contribution >= 4 is 17.2 Å². The molecule has 0 aliphatic rings. The number of carbonyl (C=O) groups is 1. The molecule has 0 atom stereocenters. The summed E-state index contributed by atoms with van der Waals surface area (Å²) in [5.41, 5.74) is 2.89. The summed E-state index contributed by atoms with van der Waals surface area (Å²) in [4.78, 5) is 21.7. The van der Waals surface area contributed by atoms with Gasteiger partial charge >= 0.3 is 0 Å². The van der Waals surface area contributed by atoms with Crippen molar-refractivity contribution in [3.05, 3.63) is 70.7 Å². The Hall–Kier alpha value is -3.21. The van der Waals surface area contributed by atoms with E-state index in [0.717, 1.165) is 28.4 Å². The number of nitrogens with zero attached hydrogens (tertiary/aromatic N) is 4. The van der Waals surface area contributed by atoms with Gasteiger partial charge in [-0.3, -0.25) is 4.79 Å². The first-order valence-electron chi connectivity index (χ1n) is 10.5. The smallest absolute Gasteiger partial charge is 0.273 e. The average Bonchev–Trinajstić information content (AvgIpc) is 3.26. The van der Waals surface area contributed by atoms with Crippen LogP contribution < -0.4 is 4.74 Å². The maximum Gasteiger partial charge on any atom is 0.273 e. The van der Waals surface area contributed by atoms with Crippen LogP contribution in [0, 0.1) is 11.3 Å². The number of amides is 1. The molecule has 7 heteroatoms. The first-order valence-corrected chi connectivity index (χ1v) is 11.4. The van der Waals surface area contributed by atoms with Crippen LogP contribution in [0.1, 0.15) is 35.5 Å². The van der Waals surface area contributed by atoms with Gasteiger partial charge in [0.2, 0.25) is 0 Å². The standard InChI is InChI=1S/C25H28N4O2S/c1-18(2)31-22-10-8-21(9-11-22)24-27-23(17-32-24)25(30)29(13-12-28(3)4)16-20-7-5-6-19(14-20)15-26/h5-11,14,17-18H,12-13,16H2,1-4H3. The normalized spacial score (nSPS) is 10.9. The van der Waals surface area contributed by atoms with Crippen molar-refractivity contribution in [2.75, 3.05) is 27.2 Å². The molecule has 0 aliphatic heterocycles. The molecule has 32 heavy (non-hydrogen) atoms. The fourth-order valence-corrected chi connectivity index (χ4v) is 3.95. The number of benzene rings is 2. The number of nitriles is 1. The Bertz CT molecular complexity index is 1080. The Balaban J connectivity index is 1.78. The number of rotatable bonds is 9. The Morgan fingerprint density at radius 1 is 1.16 bits per heavy atom. The van der Waals surface area contributed by atoms with Gasteiger partial charge in [-0.05, 0) is 69.9 Å². The van der Waals surface area contributed by atoms with Gasteiger partial charge in [0.05, 0.1) is 17.7 Å². The van der Waals surface area contributed by atoms with Crippen LogP contribution in [0.25, 0.3) is 10.6 Å². The Kier molecular flexibility index (Phi) is 7.98. The van der Waals surface area contributed by atoms with E-state index in [4.69, 9.17) is 4.74 Å². The third-order valence-corrected chi connectivity index (χ3v) is 5.62. The largest absolute Gasteiger partial charge is 0.491 e. The first kappa shape index (κ1) is 23.5. The maximum atomic E-state index is 13.3. The molecule has 0 bridgehead atoms. The van der Waals surface area contributed by atoms with Crippen LogP contribution in [0.2, 0.25) is 0 Å². The van der Waals surface area contributed by atoms with Gasteiger partial charge < -0.3 is 14.5 Å². The van der Waals surface area contributed by atoms with Gasteiger partial charge in [0.25, 0.3) is 5.91 Å². The number of ether oxygens (including phenoxy) is 1. The number of thiazole rings is 1. The monoisotopic (exact) mass is 448 g/mol. The average molecular weight is 449 g/mol. The lowest BCUT2D eigenvalue weighted by Gasteiger charge is -2.24. The fraction of sp³-hybridized carbons (Fsp3) is 0.320. The number of hydrogen-bond acceptors (Lipinski definition) is 6. The van der Waals surface area contributed by atoms with Gasteiger partial charge in [-0.1, -0.05) is 12.1 Å². The zero-order valence-electron chi connectivity index (χ0n) is 18.9. The molecule has 0 saturated heterocycles. The van der Waals surface area contributed by atoms with Crippen LogP contribution in [0.4, 0.5) is 0 Å². The van der Waals surface area contributed by atoms with Crippen LogP contribution in [0.3, 0.4) is 0 Å². The van der Waals surface area contributed by atoms with E-state index in [1.54, 1.807) is 11.0 Å². The quantitative estimate of drug-likeness (QED) is 0.476. The SMILES string of the molecule is CC(C)Oc1ccc(-c2nc(C(=O)N(CCN(C)C)Cc3cccc(C#N)c3)cs2)cc1. The molecular formula is C25H28N4O2S. The summed E-state index contributed by atoms with van der Waals surface area (Å²) in [6.07, 6.45) is 0.118. The molecule has 1 heterocycles. The molecule has 1 aromatic heterocycles. The highest BCUT2D eigenvalue weighted by Gasteiger charge is 2.20. The van der Waals surface area contributed by atoms with E-state index in [1.807, 2.05) is 80.7 Å². The molecule has 3 rings (SSSR count). The molecule has 0 spiro atoms. The third kappa shape index (κ3) is 6.39. The summed E-state index contributed by atoms with van der Waals surface area (Å²) < 4.78 is 5.70. The van der Waals surface area contributed by atoms with Gasteiger partial charge in [0.1, 0.15) is 16.5 Å². The second-order valence-corrected chi connectivity index (χ2v) is 8.93. The summed E-state index contributed by atoms with van der Waals surface area (Å²) in [6.45, 7) is 5.71. The van der Waals surface area contributed by atoms with E-state index in [2.05, 4.69) is 11.1 Å². The number of aromatic nitrogens is 1. The Labute approximate surface area is 193 Å². The zero-order chi connectivity index (χ0) is 23.1. The molecule has 6 nitrogen and oxygen atoms in total. The summed E-state index contributed by atoms with van der Waals surface area (Å²) in [6, 6.07) is 17.3. The van der Waals surface area contributed by atoms with Gasteiger partial charge in [0, 0.05) is 30.6 Å². The highest BCUT2D eigenvalue weighted by atomic mass is 32.1. The molecule has 3 aromatic rings. The molecule has 0 saturated carbocycles. The number of carbonyl (C=O) groups excluding carboxylic acids is 1. The predicted octanol–water partition coefficient (Wildman–Crippen LogP) is 4.67. The van der Waals surface area contributed by atoms with E-state index in [0.29, 0.717) is 24.3 Å². The van der Waals surface area contributed by atoms with Crippen LogP contribution >= 0.6 is 11.3 Å². The second kappa shape index (κ2) is 10.9. The topological polar surface area (TPSA) is 69.5 Å². The van der Waals surface area contributed by atoms with Gasteiger partial charge in [0.15, 0.2) is 0 Å². The summed E-state index contributed by atoms with van der Waals surface area (Å²) in [5.74, 6) is 0.697. The van der Waals surface area contributed by atoms with Gasteiger partial charge in [-0.15, -0.1) is 11.3 Å². The molecule has 0 aliphatic carbocycles. The van der Waals surface area contributed by atoms with Crippen molar-refractivity contribution in [3.8, 4) is 22.4 Å². The minimum Gasteiger partial charge on any atom is -0.491 e. The number of likely N-dealkylation sites (N-methyl/N-ethyl adjacent to an activating group) is 1. The van der Waals surface area contributed by atoms with Crippen LogP contribution in [-0.4, -0.2) is 54.0 Å². The van der Waals surface area contributed by atoms with Crippen molar-refractivity contribution in [2.24, 2.45) is 0 Å².